The fraction of sp³-hybridized carbons (Fsp3) is 0.524. The van der Waals surface area contributed by atoms with Gasteiger partial charge < -0.3 is 30.5 Å². The Bertz CT molecular complexity index is 740. The van der Waals surface area contributed by atoms with E-state index in [1.807, 2.05) is 19.9 Å². The molecule has 1 aromatic rings. The highest BCUT2D eigenvalue weighted by atomic mass is 16.5. The Morgan fingerprint density at radius 2 is 1.74 bits per heavy atom. The molecule has 0 radical (unpaired) electrons. The lowest BCUT2D eigenvalue weighted by atomic mass is 10.1. The molecule has 172 valence electrons. The molecule has 1 rings (SSSR count). The zero-order valence-corrected chi connectivity index (χ0v) is 18.0. The summed E-state index contributed by atoms with van der Waals surface area (Å²) in [4.78, 5) is 48.5. The molecule has 0 saturated heterocycles. The Hall–Kier alpha value is -3.14. The molecule has 1 unspecified atom stereocenters. The SMILES string of the molecule is CC(=O)NCCOC(=O)[C@H](Cc1ccccc1)NC(=O)N(CC(C)C)CC(O)C(=O)O. The summed E-state index contributed by atoms with van der Waals surface area (Å²) in [6.07, 6.45) is -1.59. The molecule has 0 aliphatic carbocycles. The van der Waals surface area contributed by atoms with E-state index in [1.165, 1.54) is 6.92 Å². The van der Waals surface area contributed by atoms with Crippen molar-refractivity contribution in [3.05, 3.63) is 35.9 Å². The number of urea groups is 1. The van der Waals surface area contributed by atoms with Crippen LogP contribution >= 0.6 is 0 Å². The molecule has 10 nitrogen and oxygen atoms in total. The van der Waals surface area contributed by atoms with Gasteiger partial charge in [-0.25, -0.2) is 14.4 Å². The van der Waals surface area contributed by atoms with E-state index in [9.17, 15) is 24.3 Å². The highest BCUT2D eigenvalue weighted by Crippen LogP contribution is 2.07. The van der Waals surface area contributed by atoms with Gasteiger partial charge in [-0.15, -0.1) is 0 Å². The van der Waals surface area contributed by atoms with Crippen LogP contribution in [0.25, 0.3) is 0 Å². The maximum atomic E-state index is 12.8. The van der Waals surface area contributed by atoms with Crippen LogP contribution in [-0.4, -0.2) is 77.4 Å². The number of carbonyl (C=O) groups excluding carboxylic acids is 3. The monoisotopic (exact) mass is 437 g/mol. The first kappa shape index (κ1) is 25.9. The van der Waals surface area contributed by atoms with Gasteiger partial charge in [-0.1, -0.05) is 44.2 Å². The molecule has 1 aromatic carbocycles. The van der Waals surface area contributed by atoms with Crippen molar-refractivity contribution in [1.29, 1.82) is 0 Å². The molecule has 4 N–H and O–H groups in total. The average Bonchev–Trinajstić information content (AvgIpc) is 2.70. The summed E-state index contributed by atoms with van der Waals surface area (Å²) in [6.45, 7) is 4.86. The summed E-state index contributed by atoms with van der Waals surface area (Å²) in [5.74, 6) is -2.39. The highest BCUT2D eigenvalue weighted by Gasteiger charge is 2.28. The lowest BCUT2D eigenvalue weighted by Crippen LogP contribution is -2.52. The van der Waals surface area contributed by atoms with Gasteiger partial charge in [-0.05, 0) is 11.5 Å². The zero-order chi connectivity index (χ0) is 23.4. The predicted octanol–water partition coefficient (Wildman–Crippen LogP) is 0.390. The van der Waals surface area contributed by atoms with E-state index in [0.717, 1.165) is 10.5 Å². The number of carboxylic acid groups (broad SMARTS) is 1. The topological polar surface area (TPSA) is 145 Å². The zero-order valence-electron chi connectivity index (χ0n) is 18.0. The number of hydrogen-bond acceptors (Lipinski definition) is 6. The first-order valence-corrected chi connectivity index (χ1v) is 10.0. The van der Waals surface area contributed by atoms with Crippen LogP contribution < -0.4 is 10.6 Å². The van der Waals surface area contributed by atoms with E-state index in [0.29, 0.717) is 0 Å². The van der Waals surface area contributed by atoms with Crippen LogP contribution in [0.2, 0.25) is 0 Å². The Kier molecular flexibility index (Phi) is 11.0. The summed E-state index contributed by atoms with van der Waals surface area (Å²) in [6, 6.07) is 7.28. The van der Waals surface area contributed by atoms with Gasteiger partial charge in [0.25, 0.3) is 0 Å². The number of nitrogens with one attached hydrogen (secondary N) is 2. The van der Waals surface area contributed by atoms with Crippen LogP contribution in [0.5, 0.6) is 0 Å². The van der Waals surface area contributed by atoms with Gasteiger partial charge >= 0.3 is 18.0 Å². The standard InChI is InChI=1S/C21H31N3O7/c1-14(2)12-24(13-18(26)19(27)28)21(30)23-17(11-16-7-5-4-6-8-16)20(29)31-10-9-22-15(3)25/h4-8,14,17-18,26H,9-13H2,1-3H3,(H,22,25)(H,23,30)(H,27,28)/t17-,18?/m0/s1. The van der Waals surface area contributed by atoms with Gasteiger partial charge in [0.15, 0.2) is 6.10 Å². The number of carbonyl (C=O) groups is 4. The molecule has 0 aliphatic heterocycles. The number of benzene rings is 1. The van der Waals surface area contributed by atoms with Crippen LogP contribution in [0.3, 0.4) is 0 Å². The second kappa shape index (κ2) is 13.2. The summed E-state index contributed by atoms with van der Waals surface area (Å²) in [5.41, 5.74) is 0.785. The van der Waals surface area contributed by atoms with Crippen molar-refractivity contribution < 1.29 is 34.1 Å². The van der Waals surface area contributed by atoms with E-state index in [1.54, 1.807) is 24.3 Å². The molecule has 0 saturated carbocycles. The summed E-state index contributed by atoms with van der Waals surface area (Å²) >= 11 is 0. The summed E-state index contributed by atoms with van der Waals surface area (Å²) in [7, 11) is 0. The molecular formula is C21H31N3O7. The second-order valence-corrected chi connectivity index (χ2v) is 7.50. The van der Waals surface area contributed by atoms with Gasteiger partial charge in [-0.2, -0.15) is 0 Å². The number of nitrogens with zero attached hydrogens (tertiary/aromatic N) is 1. The van der Waals surface area contributed by atoms with Gasteiger partial charge in [0, 0.05) is 19.9 Å². The first-order chi connectivity index (χ1) is 14.6. The Labute approximate surface area is 181 Å². The maximum absolute atomic E-state index is 12.8. The Morgan fingerprint density at radius 3 is 2.29 bits per heavy atom. The molecular weight excluding hydrogens is 406 g/mol. The van der Waals surface area contributed by atoms with Crippen molar-refractivity contribution in [2.75, 3.05) is 26.2 Å². The summed E-state index contributed by atoms with van der Waals surface area (Å²) < 4.78 is 5.18. The van der Waals surface area contributed by atoms with E-state index < -0.39 is 36.7 Å². The second-order valence-electron chi connectivity index (χ2n) is 7.50. The quantitative estimate of drug-likeness (QED) is 0.273. The van der Waals surface area contributed by atoms with Crippen molar-refractivity contribution in [2.24, 2.45) is 5.92 Å². The lowest BCUT2D eigenvalue weighted by molar-refractivity contribution is -0.148. The highest BCUT2D eigenvalue weighted by molar-refractivity contribution is 5.84. The van der Waals surface area contributed by atoms with Crippen molar-refractivity contribution >= 4 is 23.9 Å². The summed E-state index contributed by atoms with van der Waals surface area (Å²) in [5, 5.41) is 23.7. The molecule has 0 aromatic heterocycles. The number of amides is 3. The van der Waals surface area contributed by atoms with E-state index >= 15 is 0 Å². The molecule has 0 heterocycles. The molecule has 10 heteroatoms. The third kappa shape index (κ3) is 10.4. The molecule has 0 aliphatic rings. The number of aliphatic carboxylic acids is 1. The molecule has 0 fully saturated rings. The number of hydrogen-bond donors (Lipinski definition) is 4. The van der Waals surface area contributed by atoms with Crippen molar-refractivity contribution in [3.8, 4) is 0 Å². The number of aliphatic hydroxyl groups excluding tert-OH is 1. The largest absolute Gasteiger partial charge is 0.479 e. The number of aliphatic hydroxyl groups is 1. The molecule has 3 amide bonds. The molecule has 0 bridgehead atoms. The third-order valence-electron chi connectivity index (χ3n) is 4.14. The average molecular weight is 437 g/mol. The number of rotatable bonds is 12. The van der Waals surface area contributed by atoms with Crippen LogP contribution in [-0.2, 0) is 25.5 Å². The van der Waals surface area contributed by atoms with Crippen LogP contribution in [0.1, 0.15) is 26.3 Å². The fourth-order valence-corrected chi connectivity index (χ4v) is 2.73. The normalized spacial score (nSPS) is 12.5. The van der Waals surface area contributed by atoms with Crippen molar-refractivity contribution in [3.63, 3.8) is 0 Å². The van der Waals surface area contributed by atoms with E-state index in [4.69, 9.17) is 9.84 Å². The van der Waals surface area contributed by atoms with Crippen LogP contribution in [0.15, 0.2) is 30.3 Å². The van der Waals surface area contributed by atoms with Crippen LogP contribution in [0.4, 0.5) is 4.79 Å². The molecule has 0 spiro atoms. The lowest BCUT2D eigenvalue weighted by Gasteiger charge is -2.28. The minimum Gasteiger partial charge on any atom is -0.479 e. The van der Waals surface area contributed by atoms with Gasteiger partial charge in [-0.3, -0.25) is 4.79 Å². The third-order valence-corrected chi connectivity index (χ3v) is 4.14. The van der Waals surface area contributed by atoms with Crippen molar-refractivity contribution in [2.45, 2.75) is 39.3 Å². The minimum absolute atomic E-state index is 0.00363. The smallest absolute Gasteiger partial charge is 0.334 e. The van der Waals surface area contributed by atoms with Gasteiger partial charge in [0.05, 0.1) is 13.1 Å². The first-order valence-electron chi connectivity index (χ1n) is 10.0. The number of ether oxygens (including phenoxy) is 1. The fourth-order valence-electron chi connectivity index (χ4n) is 2.73. The predicted molar refractivity (Wildman–Crippen MR) is 112 cm³/mol. The number of esters is 1. The van der Waals surface area contributed by atoms with E-state index in [-0.39, 0.29) is 37.9 Å². The van der Waals surface area contributed by atoms with E-state index in [2.05, 4.69) is 10.6 Å². The Balaban J connectivity index is 2.90. The van der Waals surface area contributed by atoms with Crippen LogP contribution in [0, 0.1) is 5.92 Å². The maximum Gasteiger partial charge on any atom is 0.334 e. The van der Waals surface area contributed by atoms with Gasteiger partial charge in [0.2, 0.25) is 5.91 Å². The van der Waals surface area contributed by atoms with Crippen molar-refractivity contribution in [1.82, 2.24) is 15.5 Å². The Morgan fingerprint density at radius 1 is 1.10 bits per heavy atom. The minimum atomic E-state index is -1.75. The molecule has 2 atom stereocenters. The molecule has 31 heavy (non-hydrogen) atoms. The van der Waals surface area contributed by atoms with Gasteiger partial charge in [0.1, 0.15) is 12.6 Å². The number of carboxylic acids is 1.